The van der Waals surface area contributed by atoms with Crippen molar-refractivity contribution >= 4 is 17.6 Å². The predicted octanol–water partition coefficient (Wildman–Crippen LogP) is 4.97. The Balaban J connectivity index is 1.81. The fourth-order valence-corrected chi connectivity index (χ4v) is 2.84. The van der Waals surface area contributed by atoms with Gasteiger partial charge in [0.2, 0.25) is 0 Å². The quantitative estimate of drug-likeness (QED) is 0.485. The molecule has 2 rings (SSSR count). The topological polar surface area (TPSA) is 39.2 Å². The van der Waals surface area contributed by atoms with Gasteiger partial charge < -0.3 is 4.74 Å². The molecule has 1 aromatic carbocycles. The second kappa shape index (κ2) is 8.57. The zero-order valence-electron chi connectivity index (χ0n) is 12.4. The van der Waals surface area contributed by atoms with E-state index in [9.17, 15) is 4.79 Å². The molecule has 21 heavy (non-hydrogen) atoms. The molecule has 0 aliphatic heterocycles. The van der Waals surface area contributed by atoms with Gasteiger partial charge in [0.15, 0.2) is 5.06 Å². The number of hydrogen-bond acceptors (Lipinski definition) is 4. The maximum Gasteiger partial charge on any atom is 0.194 e. The van der Waals surface area contributed by atoms with E-state index < -0.39 is 0 Å². The molecule has 112 valence electrons. The van der Waals surface area contributed by atoms with E-state index in [4.69, 9.17) is 4.74 Å². The summed E-state index contributed by atoms with van der Waals surface area (Å²) in [5, 5.41) is 1.79. The summed E-state index contributed by atoms with van der Waals surface area (Å²) < 4.78 is 5.73. The number of thiazole rings is 1. The fraction of sp³-hybridized carbons (Fsp3) is 0.412. The molecule has 1 aromatic heterocycles. The first kappa shape index (κ1) is 15.7. The second-order valence-corrected chi connectivity index (χ2v) is 5.98. The van der Waals surface area contributed by atoms with Gasteiger partial charge in [-0.05, 0) is 6.42 Å². The number of carbonyl (C=O) groups excluding carboxylic acids is 1. The molecule has 1 heterocycles. The summed E-state index contributed by atoms with van der Waals surface area (Å²) in [5.74, 6) is 0. The van der Waals surface area contributed by atoms with Crippen LogP contribution in [0.15, 0.2) is 30.5 Å². The Kier molecular flexibility index (Phi) is 6.41. The van der Waals surface area contributed by atoms with Crippen LogP contribution >= 0.6 is 11.3 Å². The van der Waals surface area contributed by atoms with Gasteiger partial charge in [-0.2, -0.15) is 0 Å². The number of rotatable bonds is 9. The Labute approximate surface area is 130 Å². The molecule has 0 saturated heterocycles. The zero-order valence-corrected chi connectivity index (χ0v) is 13.2. The molecule has 0 bridgehead atoms. The third-order valence-electron chi connectivity index (χ3n) is 3.27. The largest absolute Gasteiger partial charge is 0.483 e. The summed E-state index contributed by atoms with van der Waals surface area (Å²) in [5.41, 5.74) is 1.70. The Morgan fingerprint density at radius 2 is 1.90 bits per heavy atom. The Hall–Kier alpha value is -1.68. The van der Waals surface area contributed by atoms with E-state index in [2.05, 4.69) is 11.9 Å². The van der Waals surface area contributed by atoms with Gasteiger partial charge in [-0.3, -0.25) is 4.79 Å². The molecular weight excluding hydrogens is 282 g/mol. The lowest BCUT2D eigenvalue weighted by molar-refractivity contribution is 0.112. The standard InChI is InChI=1S/C17H21NO2S/c1-2-3-4-5-6-11-20-16-12-18-17(21-16)15-9-7-14(13-19)8-10-15/h7-10,12-13H,2-6,11H2,1H3. The van der Waals surface area contributed by atoms with Crippen LogP contribution in [0.25, 0.3) is 10.6 Å². The molecule has 0 aliphatic carbocycles. The molecule has 3 nitrogen and oxygen atoms in total. The molecular formula is C17H21NO2S. The maximum absolute atomic E-state index is 10.6. The van der Waals surface area contributed by atoms with Gasteiger partial charge in [0.25, 0.3) is 0 Å². The molecule has 0 spiro atoms. The SMILES string of the molecule is CCCCCCCOc1cnc(-c2ccc(C=O)cc2)s1. The van der Waals surface area contributed by atoms with E-state index in [-0.39, 0.29) is 0 Å². The van der Waals surface area contributed by atoms with Crippen LogP contribution in [-0.4, -0.2) is 17.9 Å². The normalized spacial score (nSPS) is 10.5. The van der Waals surface area contributed by atoms with Crippen molar-refractivity contribution in [3.63, 3.8) is 0 Å². The minimum absolute atomic E-state index is 0.679. The number of aldehydes is 1. The Morgan fingerprint density at radius 3 is 2.62 bits per heavy atom. The molecule has 0 saturated carbocycles. The summed E-state index contributed by atoms with van der Waals surface area (Å²) in [6.45, 7) is 2.98. The van der Waals surface area contributed by atoms with Gasteiger partial charge in [-0.1, -0.05) is 68.2 Å². The minimum atomic E-state index is 0.679. The van der Waals surface area contributed by atoms with Gasteiger partial charge in [-0.25, -0.2) is 4.98 Å². The summed E-state index contributed by atoms with van der Waals surface area (Å²) in [4.78, 5) is 15.0. The summed E-state index contributed by atoms with van der Waals surface area (Å²) in [6.07, 6.45) is 8.81. The molecule has 0 aliphatic rings. The molecule has 0 radical (unpaired) electrons. The maximum atomic E-state index is 10.6. The van der Waals surface area contributed by atoms with Crippen molar-refractivity contribution in [3.8, 4) is 15.6 Å². The van der Waals surface area contributed by atoms with Crippen molar-refractivity contribution < 1.29 is 9.53 Å². The smallest absolute Gasteiger partial charge is 0.194 e. The lowest BCUT2D eigenvalue weighted by Crippen LogP contribution is -1.95. The summed E-state index contributed by atoms with van der Waals surface area (Å²) in [7, 11) is 0. The van der Waals surface area contributed by atoms with Crippen LogP contribution in [0.5, 0.6) is 5.06 Å². The lowest BCUT2D eigenvalue weighted by Gasteiger charge is -2.02. The third kappa shape index (κ3) is 4.97. The van der Waals surface area contributed by atoms with E-state index in [0.29, 0.717) is 5.56 Å². The lowest BCUT2D eigenvalue weighted by atomic mass is 10.1. The predicted molar refractivity (Wildman–Crippen MR) is 87.2 cm³/mol. The van der Waals surface area contributed by atoms with Crippen molar-refractivity contribution in [1.29, 1.82) is 0 Å². The summed E-state index contributed by atoms with van der Waals surface area (Å²) >= 11 is 1.55. The molecule has 0 fully saturated rings. The van der Waals surface area contributed by atoms with Crippen molar-refractivity contribution in [2.45, 2.75) is 39.0 Å². The van der Waals surface area contributed by atoms with Crippen LogP contribution < -0.4 is 4.74 Å². The van der Waals surface area contributed by atoms with E-state index in [1.165, 1.54) is 25.7 Å². The molecule has 0 atom stereocenters. The van der Waals surface area contributed by atoms with Crippen LogP contribution in [0.1, 0.15) is 49.4 Å². The molecule has 0 unspecified atom stereocenters. The second-order valence-electron chi connectivity index (χ2n) is 4.99. The van der Waals surface area contributed by atoms with Crippen molar-refractivity contribution in [3.05, 3.63) is 36.0 Å². The van der Waals surface area contributed by atoms with E-state index in [0.717, 1.165) is 34.9 Å². The zero-order chi connectivity index (χ0) is 14.9. The fourth-order valence-electron chi connectivity index (χ4n) is 2.04. The number of ether oxygens (including phenoxy) is 1. The number of nitrogens with zero attached hydrogens (tertiary/aromatic N) is 1. The number of aromatic nitrogens is 1. The third-order valence-corrected chi connectivity index (χ3v) is 4.23. The highest BCUT2D eigenvalue weighted by Gasteiger charge is 2.05. The Bertz CT molecular complexity index is 548. The van der Waals surface area contributed by atoms with Crippen molar-refractivity contribution in [2.24, 2.45) is 0 Å². The minimum Gasteiger partial charge on any atom is -0.483 e. The van der Waals surface area contributed by atoms with Crippen molar-refractivity contribution in [2.75, 3.05) is 6.61 Å². The van der Waals surface area contributed by atoms with E-state index >= 15 is 0 Å². The van der Waals surface area contributed by atoms with Crippen LogP contribution in [0.4, 0.5) is 0 Å². The number of hydrogen-bond donors (Lipinski definition) is 0. The van der Waals surface area contributed by atoms with Crippen molar-refractivity contribution in [1.82, 2.24) is 4.98 Å². The first-order valence-corrected chi connectivity index (χ1v) is 8.29. The monoisotopic (exact) mass is 303 g/mol. The van der Waals surface area contributed by atoms with Crippen LogP contribution in [0.3, 0.4) is 0 Å². The number of carbonyl (C=O) groups is 1. The molecule has 0 N–H and O–H groups in total. The summed E-state index contributed by atoms with van der Waals surface area (Å²) in [6, 6.07) is 7.43. The molecule has 2 aromatic rings. The van der Waals surface area contributed by atoms with E-state index in [1.807, 2.05) is 12.1 Å². The highest BCUT2D eigenvalue weighted by atomic mass is 32.1. The van der Waals surface area contributed by atoms with Crippen LogP contribution in [-0.2, 0) is 0 Å². The molecule has 0 amide bonds. The van der Waals surface area contributed by atoms with Gasteiger partial charge in [0.05, 0.1) is 12.8 Å². The van der Waals surface area contributed by atoms with Gasteiger partial charge >= 0.3 is 0 Å². The average molecular weight is 303 g/mol. The first-order valence-electron chi connectivity index (χ1n) is 7.47. The average Bonchev–Trinajstić information content (AvgIpc) is 3.00. The van der Waals surface area contributed by atoms with Gasteiger partial charge in [0.1, 0.15) is 11.3 Å². The van der Waals surface area contributed by atoms with Gasteiger partial charge in [0, 0.05) is 11.1 Å². The highest BCUT2D eigenvalue weighted by Crippen LogP contribution is 2.30. The number of unbranched alkanes of at least 4 members (excludes halogenated alkanes) is 4. The first-order chi connectivity index (χ1) is 10.3. The van der Waals surface area contributed by atoms with Crippen LogP contribution in [0, 0.1) is 0 Å². The van der Waals surface area contributed by atoms with Gasteiger partial charge in [-0.15, -0.1) is 0 Å². The van der Waals surface area contributed by atoms with E-state index in [1.54, 1.807) is 29.7 Å². The number of benzene rings is 1. The Morgan fingerprint density at radius 1 is 1.14 bits per heavy atom. The highest BCUT2D eigenvalue weighted by molar-refractivity contribution is 7.16. The molecule has 4 heteroatoms. The van der Waals surface area contributed by atoms with Crippen LogP contribution in [0.2, 0.25) is 0 Å².